The molecule has 0 atom stereocenters. The summed E-state index contributed by atoms with van der Waals surface area (Å²) >= 11 is 12.1. The van der Waals surface area contributed by atoms with Gasteiger partial charge in [0.05, 0.1) is 20.5 Å². The maximum absolute atomic E-state index is 12.9. The highest BCUT2D eigenvalue weighted by Gasteiger charge is 2.23. The predicted molar refractivity (Wildman–Crippen MR) is 115 cm³/mol. The van der Waals surface area contributed by atoms with Crippen LogP contribution in [0.15, 0.2) is 83.0 Å². The van der Waals surface area contributed by atoms with E-state index in [-0.39, 0.29) is 32.3 Å². The Kier molecular flexibility index (Phi) is 5.51. The second kappa shape index (κ2) is 8.10. The maximum atomic E-state index is 12.9. The minimum Gasteiger partial charge on any atom is -0.348 e. The van der Waals surface area contributed by atoms with Crippen molar-refractivity contribution in [2.24, 2.45) is 0 Å². The summed E-state index contributed by atoms with van der Waals surface area (Å²) in [4.78, 5) is 16.5. The van der Waals surface area contributed by atoms with Crippen molar-refractivity contribution in [2.75, 3.05) is 0 Å². The molecule has 4 rings (SSSR count). The smallest absolute Gasteiger partial charge is 0.253 e. The molecule has 0 saturated heterocycles. The van der Waals surface area contributed by atoms with Crippen molar-refractivity contribution < 1.29 is 13.2 Å². The zero-order chi connectivity index (χ0) is 21.3. The van der Waals surface area contributed by atoms with Crippen molar-refractivity contribution >= 4 is 44.6 Å². The number of amides is 1. The molecule has 9 heteroatoms. The van der Waals surface area contributed by atoms with E-state index in [0.29, 0.717) is 5.56 Å². The molecule has 2 heterocycles. The highest BCUT2D eigenvalue weighted by molar-refractivity contribution is 7.91. The van der Waals surface area contributed by atoms with Crippen LogP contribution in [-0.4, -0.2) is 23.7 Å². The lowest BCUT2D eigenvalue weighted by Gasteiger charge is -2.10. The van der Waals surface area contributed by atoms with Crippen LogP contribution < -0.4 is 5.32 Å². The summed E-state index contributed by atoms with van der Waals surface area (Å²) in [5.74, 6) is -0.245. The maximum Gasteiger partial charge on any atom is 0.253 e. The highest BCUT2D eigenvalue weighted by atomic mass is 35.5. The van der Waals surface area contributed by atoms with Crippen molar-refractivity contribution in [3.63, 3.8) is 0 Å². The van der Waals surface area contributed by atoms with Gasteiger partial charge in [0.1, 0.15) is 10.5 Å². The fourth-order valence-corrected chi connectivity index (χ4v) is 5.37. The number of hydrogen-bond acceptors (Lipinski definition) is 4. The molecule has 0 saturated carbocycles. The van der Waals surface area contributed by atoms with Crippen LogP contribution in [0, 0.1) is 0 Å². The molecule has 0 fully saturated rings. The molecule has 0 aliphatic rings. The number of nitrogens with one attached hydrogen (secondary N) is 1. The fourth-order valence-electron chi connectivity index (χ4n) is 2.98. The normalized spacial score (nSPS) is 11.5. The van der Waals surface area contributed by atoms with E-state index in [9.17, 15) is 13.2 Å². The Balaban J connectivity index is 1.49. The summed E-state index contributed by atoms with van der Waals surface area (Å²) in [5, 5.41) is 2.94. The number of aromatic nitrogens is 2. The van der Waals surface area contributed by atoms with Crippen LogP contribution in [0.5, 0.6) is 0 Å². The molecule has 0 bridgehead atoms. The van der Waals surface area contributed by atoms with Gasteiger partial charge < -0.3 is 9.72 Å². The third-order valence-corrected chi connectivity index (χ3v) is 7.25. The van der Waals surface area contributed by atoms with Gasteiger partial charge in [-0.25, -0.2) is 13.4 Å². The average molecular weight is 460 g/mol. The zero-order valence-electron chi connectivity index (χ0n) is 15.4. The summed E-state index contributed by atoms with van der Waals surface area (Å²) in [5.41, 5.74) is 1.99. The molecule has 0 aliphatic carbocycles. The minimum absolute atomic E-state index is 0.0636. The first kappa shape index (κ1) is 20.4. The molecule has 2 aromatic carbocycles. The van der Waals surface area contributed by atoms with E-state index in [0.717, 1.165) is 11.2 Å². The van der Waals surface area contributed by atoms with Gasteiger partial charge in [-0.05, 0) is 42.0 Å². The van der Waals surface area contributed by atoms with E-state index in [2.05, 4.69) is 10.3 Å². The third kappa shape index (κ3) is 3.92. The van der Waals surface area contributed by atoms with E-state index in [1.807, 2.05) is 0 Å². The quantitative estimate of drug-likeness (QED) is 0.479. The van der Waals surface area contributed by atoms with Crippen LogP contribution in [0.4, 0.5) is 0 Å². The van der Waals surface area contributed by atoms with Crippen molar-refractivity contribution in [3.05, 3.63) is 94.4 Å². The third-order valence-electron chi connectivity index (χ3n) is 4.53. The lowest BCUT2D eigenvalue weighted by atomic mass is 10.2. The van der Waals surface area contributed by atoms with Gasteiger partial charge in [-0.2, -0.15) is 0 Å². The molecule has 1 N–H and O–H groups in total. The second-order valence-electron chi connectivity index (χ2n) is 6.49. The number of sulfone groups is 1. The van der Waals surface area contributed by atoms with Gasteiger partial charge in [-0.15, -0.1) is 0 Å². The van der Waals surface area contributed by atoms with E-state index < -0.39 is 9.84 Å². The highest BCUT2D eigenvalue weighted by Crippen LogP contribution is 2.33. The first-order valence-electron chi connectivity index (χ1n) is 8.85. The molecule has 0 unspecified atom stereocenters. The van der Waals surface area contributed by atoms with Crippen LogP contribution in [0.2, 0.25) is 10.0 Å². The van der Waals surface area contributed by atoms with Gasteiger partial charge in [-0.3, -0.25) is 4.79 Å². The number of halogens is 2. The standard InChI is InChI=1S/C21H15Cl2N3O3S/c22-17-2-1-3-18(23)20(17)30(28,29)16-7-4-14(5-8-16)12-25-21(27)15-6-9-19-24-10-11-26(19)13-15/h1-11,13H,12H2,(H,25,27). The van der Waals surface area contributed by atoms with Gasteiger partial charge >= 0.3 is 0 Å². The summed E-state index contributed by atoms with van der Waals surface area (Å²) in [6.45, 7) is 0.244. The lowest BCUT2D eigenvalue weighted by Crippen LogP contribution is -2.23. The molecule has 4 aromatic rings. The van der Waals surface area contributed by atoms with Gasteiger partial charge in [0.2, 0.25) is 9.84 Å². The number of fused-ring (bicyclic) bond motifs is 1. The Morgan fingerprint density at radius 2 is 1.70 bits per heavy atom. The van der Waals surface area contributed by atoms with Crippen LogP contribution >= 0.6 is 23.2 Å². The van der Waals surface area contributed by atoms with Crippen molar-refractivity contribution in [3.8, 4) is 0 Å². The summed E-state index contributed by atoms with van der Waals surface area (Å²) in [6, 6.07) is 14.2. The van der Waals surface area contributed by atoms with Gasteiger partial charge in [-0.1, -0.05) is 41.4 Å². The number of imidazole rings is 1. The number of nitrogens with zero attached hydrogens (tertiary/aromatic N) is 2. The number of hydrogen-bond donors (Lipinski definition) is 1. The molecule has 152 valence electrons. The Morgan fingerprint density at radius 1 is 1.00 bits per heavy atom. The molecule has 0 aliphatic heterocycles. The molecule has 0 spiro atoms. The lowest BCUT2D eigenvalue weighted by molar-refractivity contribution is 0.0950. The number of rotatable bonds is 5. The van der Waals surface area contributed by atoms with Crippen LogP contribution in [0.3, 0.4) is 0 Å². The Labute approximate surface area is 183 Å². The van der Waals surface area contributed by atoms with Crippen molar-refractivity contribution in [1.29, 1.82) is 0 Å². The van der Waals surface area contributed by atoms with E-state index in [1.165, 1.54) is 24.3 Å². The molecular weight excluding hydrogens is 445 g/mol. The number of benzene rings is 2. The monoisotopic (exact) mass is 459 g/mol. The summed E-state index contributed by atoms with van der Waals surface area (Å²) in [7, 11) is -3.87. The largest absolute Gasteiger partial charge is 0.348 e. The summed E-state index contributed by atoms with van der Waals surface area (Å²) < 4.78 is 27.5. The summed E-state index contributed by atoms with van der Waals surface area (Å²) in [6.07, 6.45) is 5.11. The van der Waals surface area contributed by atoms with Crippen LogP contribution in [0.1, 0.15) is 15.9 Å². The van der Waals surface area contributed by atoms with Gasteiger partial charge in [0.25, 0.3) is 5.91 Å². The predicted octanol–water partition coefficient (Wildman–Crippen LogP) is 4.40. The SMILES string of the molecule is O=C(NCc1ccc(S(=O)(=O)c2c(Cl)cccc2Cl)cc1)c1ccc2nccn2c1. The molecule has 6 nitrogen and oxygen atoms in total. The van der Waals surface area contributed by atoms with Crippen molar-refractivity contribution in [2.45, 2.75) is 16.3 Å². The second-order valence-corrected chi connectivity index (χ2v) is 9.19. The number of carbonyl (C=O) groups excluding carboxylic acids is 1. The molecule has 2 aromatic heterocycles. The molecule has 1 amide bonds. The van der Waals surface area contributed by atoms with E-state index in [1.54, 1.807) is 53.3 Å². The van der Waals surface area contributed by atoms with Crippen molar-refractivity contribution in [1.82, 2.24) is 14.7 Å². The molecule has 30 heavy (non-hydrogen) atoms. The number of carbonyl (C=O) groups is 1. The topological polar surface area (TPSA) is 80.5 Å². The fraction of sp³-hybridized carbons (Fsp3) is 0.0476. The average Bonchev–Trinajstić information content (AvgIpc) is 3.20. The Hall–Kier alpha value is -2.87. The molecular formula is C21H15Cl2N3O3S. The Morgan fingerprint density at radius 3 is 2.40 bits per heavy atom. The molecule has 0 radical (unpaired) electrons. The Bertz CT molecular complexity index is 1330. The minimum atomic E-state index is -3.87. The van der Waals surface area contributed by atoms with Crippen LogP contribution in [-0.2, 0) is 16.4 Å². The first-order chi connectivity index (χ1) is 14.4. The number of pyridine rings is 1. The van der Waals surface area contributed by atoms with E-state index >= 15 is 0 Å². The zero-order valence-corrected chi connectivity index (χ0v) is 17.7. The first-order valence-corrected chi connectivity index (χ1v) is 11.1. The van der Waals surface area contributed by atoms with Gasteiger partial charge in [0, 0.05) is 25.1 Å². The van der Waals surface area contributed by atoms with Gasteiger partial charge in [0.15, 0.2) is 0 Å². The van der Waals surface area contributed by atoms with E-state index in [4.69, 9.17) is 23.2 Å². The van der Waals surface area contributed by atoms with Crippen LogP contribution in [0.25, 0.3) is 5.65 Å².